The zero-order chi connectivity index (χ0) is 21.3. The summed E-state index contributed by atoms with van der Waals surface area (Å²) in [6, 6.07) is 7.20. The number of hydrogen-bond acceptors (Lipinski definition) is 6. The first-order valence-electron chi connectivity index (χ1n) is 8.65. The van der Waals surface area contributed by atoms with Crippen molar-refractivity contribution >= 4 is 34.9 Å². The van der Waals surface area contributed by atoms with E-state index in [1.807, 2.05) is 0 Å². The highest BCUT2D eigenvalue weighted by molar-refractivity contribution is 6.22. The molecule has 10 nitrogen and oxygen atoms in total. The number of nitrogens with one attached hydrogen (secondary N) is 2. The molecule has 150 valence electrons. The number of methoxy groups -OCH3 is 1. The third-order valence-corrected chi connectivity index (χ3v) is 4.33. The van der Waals surface area contributed by atoms with Crippen LogP contribution in [0.4, 0.5) is 21.9 Å². The lowest BCUT2D eigenvalue weighted by atomic mass is 10.1. The van der Waals surface area contributed by atoms with Crippen molar-refractivity contribution in [1.29, 1.82) is 0 Å². The Hall–Kier alpha value is -3.95. The van der Waals surface area contributed by atoms with Crippen molar-refractivity contribution in [1.82, 2.24) is 4.90 Å². The SMILES string of the molecule is COc1ccc([N+](=O)[O-])cc1NC(=O)Nc1ccc2c(c1)C(=O)N(C(C)C)C2=O. The van der Waals surface area contributed by atoms with E-state index >= 15 is 0 Å². The van der Waals surface area contributed by atoms with Crippen LogP contribution < -0.4 is 15.4 Å². The van der Waals surface area contributed by atoms with Crippen molar-refractivity contribution in [3.63, 3.8) is 0 Å². The van der Waals surface area contributed by atoms with Crippen molar-refractivity contribution in [2.75, 3.05) is 17.7 Å². The molecule has 4 amide bonds. The third kappa shape index (κ3) is 3.72. The topological polar surface area (TPSA) is 131 Å². The minimum absolute atomic E-state index is 0.109. The first-order chi connectivity index (χ1) is 13.7. The minimum Gasteiger partial charge on any atom is -0.495 e. The maximum atomic E-state index is 12.5. The van der Waals surface area contributed by atoms with Gasteiger partial charge in [-0.05, 0) is 38.1 Å². The van der Waals surface area contributed by atoms with Gasteiger partial charge in [-0.1, -0.05) is 0 Å². The van der Waals surface area contributed by atoms with E-state index < -0.39 is 16.9 Å². The van der Waals surface area contributed by atoms with Crippen LogP contribution in [-0.4, -0.2) is 40.8 Å². The maximum Gasteiger partial charge on any atom is 0.323 e. The molecule has 3 rings (SSSR count). The molecule has 0 spiro atoms. The number of fused-ring (bicyclic) bond motifs is 1. The molecule has 1 heterocycles. The van der Waals surface area contributed by atoms with Crippen LogP contribution in [0.5, 0.6) is 5.75 Å². The highest BCUT2D eigenvalue weighted by atomic mass is 16.6. The van der Waals surface area contributed by atoms with E-state index in [2.05, 4.69) is 10.6 Å². The standard InChI is InChI=1S/C19H18N4O6/c1-10(2)22-17(24)13-6-4-11(8-14(13)18(22)25)20-19(26)21-15-9-12(23(27)28)5-7-16(15)29-3/h4-10H,1-3H3,(H2,20,21,26). The summed E-state index contributed by atoms with van der Waals surface area (Å²) < 4.78 is 5.10. The van der Waals surface area contributed by atoms with Crippen molar-refractivity contribution in [2.45, 2.75) is 19.9 Å². The van der Waals surface area contributed by atoms with Gasteiger partial charge in [0.25, 0.3) is 17.5 Å². The highest BCUT2D eigenvalue weighted by Gasteiger charge is 2.37. The number of carbonyl (C=O) groups excluding carboxylic acids is 3. The number of nitrogens with zero attached hydrogens (tertiary/aromatic N) is 2. The second-order valence-electron chi connectivity index (χ2n) is 6.56. The summed E-state index contributed by atoms with van der Waals surface area (Å²) in [5.74, 6) is -0.560. The number of benzene rings is 2. The van der Waals surface area contributed by atoms with E-state index in [1.165, 1.54) is 43.5 Å². The zero-order valence-electron chi connectivity index (χ0n) is 15.9. The zero-order valence-corrected chi connectivity index (χ0v) is 15.9. The summed E-state index contributed by atoms with van der Waals surface area (Å²) in [4.78, 5) is 48.6. The molecule has 0 saturated heterocycles. The number of carbonyl (C=O) groups is 3. The van der Waals surface area contributed by atoms with Gasteiger partial charge in [0.2, 0.25) is 0 Å². The molecule has 1 aliphatic heterocycles. The highest BCUT2D eigenvalue weighted by Crippen LogP contribution is 2.30. The number of rotatable bonds is 5. The first-order valence-corrected chi connectivity index (χ1v) is 8.65. The number of ether oxygens (including phenoxy) is 1. The summed E-state index contributed by atoms with van der Waals surface area (Å²) >= 11 is 0. The molecule has 2 aromatic rings. The molecule has 0 radical (unpaired) electrons. The van der Waals surface area contributed by atoms with Gasteiger partial charge in [-0.15, -0.1) is 0 Å². The predicted octanol–water partition coefficient (Wildman–Crippen LogP) is 3.25. The summed E-state index contributed by atoms with van der Waals surface area (Å²) in [6.45, 7) is 3.47. The van der Waals surface area contributed by atoms with E-state index in [0.29, 0.717) is 0 Å². The second-order valence-corrected chi connectivity index (χ2v) is 6.56. The van der Waals surface area contributed by atoms with Crippen LogP contribution in [0.1, 0.15) is 34.6 Å². The molecule has 0 aromatic heterocycles. The smallest absolute Gasteiger partial charge is 0.323 e. The fourth-order valence-corrected chi connectivity index (χ4v) is 3.00. The lowest BCUT2D eigenvalue weighted by molar-refractivity contribution is -0.384. The van der Waals surface area contributed by atoms with Gasteiger partial charge in [0.05, 0.1) is 28.8 Å². The predicted molar refractivity (Wildman–Crippen MR) is 104 cm³/mol. The number of imide groups is 1. The van der Waals surface area contributed by atoms with Gasteiger partial charge in [-0.25, -0.2) is 4.79 Å². The fourth-order valence-electron chi connectivity index (χ4n) is 3.00. The molecular formula is C19H18N4O6. The number of hydrogen-bond donors (Lipinski definition) is 2. The van der Waals surface area contributed by atoms with Crippen LogP contribution >= 0.6 is 0 Å². The van der Waals surface area contributed by atoms with Gasteiger partial charge < -0.3 is 15.4 Å². The average Bonchev–Trinajstić information content (AvgIpc) is 2.91. The van der Waals surface area contributed by atoms with E-state index in [0.717, 1.165) is 4.90 Å². The summed E-state index contributed by atoms with van der Waals surface area (Å²) in [5.41, 5.74) is 0.663. The fraction of sp³-hybridized carbons (Fsp3) is 0.211. The number of urea groups is 1. The number of nitro benzene ring substituents is 1. The summed E-state index contributed by atoms with van der Waals surface area (Å²) in [7, 11) is 1.37. The molecule has 1 aliphatic rings. The van der Waals surface area contributed by atoms with Crippen LogP contribution in [-0.2, 0) is 0 Å². The monoisotopic (exact) mass is 398 g/mol. The van der Waals surface area contributed by atoms with Crippen LogP contribution in [0.3, 0.4) is 0 Å². The van der Waals surface area contributed by atoms with Crippen LogP contribution in [0.2, 0.25) is 0 Å². The second kappa shape index (κ2) is 7.58. The maximum absolute atomic E-state index is 12.5. The molecule has 10 heteroatoms. The molecule has 0 aliphatic carbocycles. The molecule has 0 atom stereocenters. The Labute approximate surface area is 165 Å². The van der Waals surface area contributed by atoms with Crippen molar-refractivity contribution in [3.05, 3.63) is 57.6 Å². The molecule has 0 saturated carbocycles. The number of nitro groups is 1. The number of amides is 4. The number of non-ortho nitro benzene ring substituents is 1. The van der Waals surface area contributed by atoms with E-state index in [4.69, 9.17) is 4.74 Å². The third-order valence-electron chi connectivity index (χ3n) is 4.33. The molecule has 0 unspecified atom stereocenters. The van der Waals surface area contributed by atoms with E-state index in [9.17, 15) is 24.5 Å². The Morgan fingerprint density at radius 1 is 1.07 bits per heavy atom. The first kappa shape index (κ1) is 19.8. The minimum atomic E-state index is -0.693. The van der Waals surface area contributed by atoms with Gasteiger partial charge >= 0.3 is 6.03 Å². The Morgan fingerprint density at radius 3 is 2.38 bits per heavy atom. The van der Waals surface area contributed by atoms with Gasteiger partial charge in [0, 0.05) is 23.9 Å². The van der Waals surface area contributed by atoms with Crippen LogP contribution in [0, 0.1) is 10.1 Å². The Morgan fingerprint density at radius 2 is 1.76 bits per heavy atom. The van der Waals surface area contributed by atoms with Gasteiger partial charge in [-0.3, -0.25) is 24.6 Å². The lowest BCUT2D eigenvalue weighted by Crippen LogP contribution is -2.35. The van der Waals surface area contributed by atoms with Crippen molar-refractivity contribution in [2.24, 2.45) is 0 Å². The van der Waals surface area contributed by atoms with Crippen molar-refractivity contribution in [3.8, 4) is 5.75 Å². The largest absolute Gasteiger partial charge is 0.495 e. The normalized spacial score (nSPS) is 12.8. The Kier molecular flexibility index (Phi) is 5.18. The molecule has 2 aromatic carbocycles. The average molecular weight is 398 g/mol. The Balaban J connectivity index is 1.80. The molecule has 2 N–H and O–H groups in total. The van der Waals surface area contributed by atoms with Gasteiger partial charge in [0.15, 0.2) is 0 Å². The molecule has 0 bridgehead atoms. The number of anilines is 2. The lowest BCUT2D eigenvalue weighted by Gasteiger charge is -2.17. The van der Waals surface area contributed by atoms with Crippen molar-refractivity contribution < 1.29 is 24.0 Å². The quantitative estimate of drug-likeness (QED) is 0.451. The molecular weight excluding hydrogens is 380 g/mol. The molecule has 29 heavy (non-hydrogen) atoms. The van der Waals surface area contributed by atoms with Crippen LogP contribution in [0.15, 0.2) is 36.4 Å². The van der Waals surface area contributed by atoms with Gasteiger partial charge in [0.1, 0.15) is 5.75 Å². The Bertz CT molecular complexity index is 1030. The van der Waals surface area contributed by atoms with E-state index in [-0.39, 0.29) is 45.9 Å². The summed E-state index contributed by atoms with van der Waals surface area (Å²) in [5, 5.41) is 16.0. The van der Waals surface area contributed by atoms with Crippen LogP contribution in [0.25, 0.3) is 0 Å². The molecule has 0 fully saturated rings. The summed E-state index contributed by atoms with van der Waals surface area (Å²) in [6.07, 6.45) is 0. The van der Waals surface area contributed by atoms with Gasteiger partial charge in [-0.2, -0.15) is 0 Å². The van der Waals surface area contributed by atoms with E-state index in [1.54, 1.807) is 13.8 Å².